The Morgan fingerprint density at radius 2 is 2.36 bits per heavy atom. The maximum Gasteiger partial charge on any atom is 0.376 e. The van der Waals surface area contributed by atoms with Crippen LogP contribution in [0.2, 0.25) is 0 Å². The SMILES string of the molecule is COC(=O)c1nccc(C2CCC2)n1. The molecular weight excluding hydrogens is 180 g/mol. The number of esters is 1. The van der Waals surface area contributed by atoms with Crippen LogP contribution in [0.4, 0.5) is 0 Å². The van der Waals surface area contributed by atoms with Gasteiger partial charge in [0.05, 0.1) is 7.11 Å². The minimum Gasteiger partial charge on any atom is -0.463 e. The standard InChI is InChI=1S/C10H12N2O2/c1-14-10(13)9-11-6-5-8(12-9)7-3-2-4-7/h5-7H,2-4H2,1H3. The number of methoxy groups -OCH3 is 1. The fourth-order valence-electron chi connectivity index (χ4n) is 1.49. The first-order valence-corrected chi connectivity index (χ1v) is 4.72. The second-order valence-corrected chi connectivity index (χ2v) is 3.42. The first kappa shape index (κ1) is 9.12. The maximum atomic E-state index is 11.1. The fraction of sp³-hybridized carbons (Fsp3) is 0.500. The molecule has 1 aliphatic rings. The van der Waals surface area contributed by atoms with E-state index in [0.29, 0.717) is 5.92 Å². The summed E-state index contributed by atoms with van der Waals surface area (Å²) in [5, 5.41) is 0. The summed E-state index contributed by atoms with van der Waals surface area (Å²) in [4.78, 5) is 19.2. The van der Waals surface area contributed by atoms with Gasteiger partial charge < -0.3 is 4.74 Å². The Labute approximate surface area is 82.3 Å². The van der Waals surface area contributed by atoms with E-state index < -0.39 is 5.97 Å². The number of aromatic nitrogens is 2. The molecule has 0 spiro atoms. The Balaban J connectivity index is 2.21. The number of carbonyl (C=O) groups excluding carboxylic acids is 1. The molecule has 0 aliphatic heterocycles. The van der Waals surface area contributed by atoms with E-state index >= 15 is 0 Å². The highest BCUT2D eigenvalue weighted by atomic mass is 16.5. The third-order valence-corrected chi connectivity index (χ3v) is 2.57. The van der Waals surface area contributed by atoms with E-state index in [1.165, 1.54) is 13.5 Å². The lowest BCUT2D eigenvalue weighted by Crippen LogP contribution is -2.14. The van der Waals surface area contributed by atoms with Gasteiger partial charge in [-0.1, -0.05) is 6.42 Å². The molecule has 1 aliphatic carbocycles. The smallest absolute Gasteiger partial charge is 0.376 e. The van der Waals surface area contributed by atoms with E-state index in [4.69, 9.17) is 0 Å². The van der Waals surface area contributed by atoms with Crippen LogP contribution in [0.25, 0.3) is 0 Å². The molecule has 1 saturated carbocycles. The molecule has 14 heavy (non-hydrogen) atoms. The van der Waals surface area contributed by atoms with E-state index in [0.717, 1.165) is 18.5 Å². The molecule has 0 N–H and O–H groups in total. The third kappa shape index (κ3) is 1.60. The van der Waals surface area contributed by atoms with Gasteiger partial charge in [0.1, 0.15) is 0 Å². The van der Waals surface area contributed by atoms with Crippen LogP contribution in [-0.4, -0.2) is 23.0 Å². The highest BCUT2D eigenvalue weighted by Gasteiger charge is 2.22. The summed E-state index contributed by atoms with van der Waals surface area (Å²) in [7, 11) is 1.34. The zero-order chi connectivity index (χ0) is 9.97. The molecule has 1 aromatic rings. The predicted molar refractivity (Wildman–Crippen MR) is 50.0 cm³/mol. The van der Waals surface area contributed by atoms with Gasteiger partial charge in [-0.05, 0) is 18.9 Å². The van der Waals surface area contributed by atoms with Gasteiger partial charge in [0.2, 0.25) is 5.82 Å². The zero-order valence-corrected chi connectivity index (χ0v) is 8.06. The molecule has 1 heterocycles. The summed E-state index contributed by atoms with van der Waals surface area (Å²) in [6.45, 7) is 0. The summed E-state index contributed by atoms with van der Waals surface area (Å²) >= 11 is 0. The number of nitrogens with zero attached hydrogens (tertiary/aromatic N) is 2. The molecule has 0 atom stereocenters. The van der Waals surface area contributed by atoms with Crippen LogP contribution >= 0.6 is 0 Å². The monoisotopic (exact) mass is 192 g/mol. The van der Waals surface area contributed by atoms with Gasteiger partial charge in [0.15, 0.2) is 0 Å². The van der Waals surface area contributed by atoms with Crippen molar-refractivity contribution in [3.05, 3.63) is 23.8 Å². The summed E-state index contributed by atoms with van der Waals surface area (Å²) in [6.07, 6.45) is 5.20. The largest absolute Gasteiger partial charge is 0.463 e. The zero-order valence-electron chi connectivity index (χ0n) is 8.06. The quantitative estimate of drug-likeness (QED) is 0.667. The molecule has 1 aromatic heterocycles. The Kier molecular flexibility index (Phi) is 2.43. The molecule has 4 heteroatoms. The Hall–Kier alpha value is -1.45. The van der Waals surface area contributed by atoms with Gasteiger partial charge in [0.25, 0.3) is 0 Å². The lowest BCUT2D eigenvalue weighted by atomic mass is 9.83. The van der Waals surface area contributed by atoms with Gasteiger partial charge >= 0.3 is 5.97 Å². The first-order valence-electron chi connectivity index (χ1n) is 4.72. The van der Waals surface area contributed by atoms with Crippen LogP contribution in [0.1, 0.15) is 41.5 Å². The lowest BCUT2D eigenvalue weighted by molar-refractivity contribution is 0.0586. The molecule has 74 valence electrons. The molecule has 1 fully saturated rings. The highest BCUT2D eigenvalue weighted by molar-refractivity contribution is 5.84. The number of hydrogen-bond acceptors (Lipinski definition) is 4. The normalized spacial score (nSPS) is 16.1. The molecule has 4 nitrogen and oxygen atoms in total. The van der Waals surface area contributed by atoms with Crippen molar-refractivity contribution >= 4 is 5.97 Å². The van der Waals surface area contributed by atoms with Crippen LogP contribution in [0.5, 0.6) is 0 Å². The predicted octanol–water partition coefficient (Wildman–Crippen LogP) is 1.53. The second-order valence-electron chi connectivity index (χ2n) is 3.42. The molecule has 0 bridgehead atoms. The van der Waals surface area contributed by atoms with Crippen LogP contribution in [0.3, 0.4) is 0 Å². The number of ether oxygens (including phenoxy) is 1. The Bertz CT molecular complexity index is 348. The molecule has 0 unspecified atom stereocenters. The van der Waals surface area contributed by atoms with Crippen LogP contribution < -0.4 is 0 Å². The maximum absolute atomic E-state index is 11.1. The molecule has 0 amide bonds. The van der Waals surface area contributed by atoms with E-state index in [1.807, 2.05) is 6.07 Å². The summed E-state index contributed by atoms with van der Waals surface area (Å²) < 4.78 is 4.56. The van der Waals surface area contributed by atoms with Crippen LogP contribution in [0.15, 0.2) is 12.3 Å². The minimum absolute atomic E-state index is 0.164. The third-order valence-electron chi connectivity index (χ3n) is 2.57. The topological polar surface area (TPSA) is 52.1 Å². The van der Waals surface area contributed by atoms with Gasteiger partial charge in [-0.2, -0.15) is 0 Å². The Morgan fingerprint density at radius 1 is 1.57 bits per heavy atom. The van der Waals surface area contributed by atoms with E-state index in [-0.39, 0.29) is 5.82 Å². The molecule has 0 aromatic carbocycles. The van der Waals surface area contributed by atoms with Crippen molar-refractivity contribution in [3.63, 3.8) is 0 Å². The van der Waals surface area contributed by atoms with E-state index in [1.54, 1.807) is 6.20 Å². The average Bonchev–Trinajstić information content (AvgIpc) is 2.14. The molecular formula is C10H12N2O2. The van der Waals surface area contributed by atoms with Crippen molar-refractivity contribution < 1.29 is 9.53 Å². The summed E-state index contributed by atoms with van der Waals surface area (Å²) in [5.41, 5.74) is 0.964. The minimum atomic E-state index is -0.467. The second kappa shape index (κ2) is 3.74. The highest BCUT2D eigenvalue weighted by Crippen LogP contribution is 2.34. The van der Waals surface area contributed by atoms with Crippen molar-refractivity contribution in [1.82, 2.24) is 9.97 Å². The molecule has 2 rings (SSSR count). The molecule has 0 saturated heterocycles. The van der Waals surface area contributed by atoms with Gasteiger partial charge in [-0.3, -0.25) is 0 Å². The van der Waals surface area contributed by atoms with Crippen molar-refractivity contribution in [1.29, 1.82) is 0 Å². The summed E-state index contributed by atoms with van der Waals surface area (Å²) in [6, 6.07) is 1.87. The van der Waals surface area contributed by atoms with Crippen LogP contribution in [0, 0.1) is 0 Å². The van der Waals surface area contributed by atoms with E-state index in [9.17, 15) is 4.79 Å². The Morgan fingerprint density at radius 3 is 2.93 bits per heavy atom. The number of carbonyl (C=O) groups is 1. The fourth-order valence-corrected chi connectivity index (χ4v) is 1.49. The van der Waals surface area contributed by atoms with Crippen LogP contribution in [-0.2, 0) is 4.74 Å². The van der Waals surface area contributed by atoms with Crippen molar-refractivity contribution in [2.75, 3.05) is 7.11 Å². The molecule has 0 radical (unpaired) electrons. The average molecular weight is 192 g/mol. The van der Waals surface area contributed by atoms with Crippen molar-refractivity contribution in [3.8, 4) is 0 Å². The number of rotatable bonds is 2. The lowest BCUT2D eigenvalue weighted by Gasteiger charge is -2.24. The van der Waals surface area contributed by atoms with Gasteiger partial charge in [-0.15, -0.1) is 0 Å². The van der Waals surface area contributed by atoms with Gasteiger partial charge in [-0.25, -0.2) is 14.8 Å². The van der Waals surface area contributed by atoms with Crippen molar-refractivity contribution in [2.24, 2.45) is 0 Å². The summed E-state index contributed by atoms with van der Waals surface area (Å²) in [5.74, 6) is 0.212. The van der Waals surface area contributed by atoms with Gasteiger partial charge in [0, 0.05) is 17.8 Å². The van der Waals surface area contributed by atoms with Crippen molar-refractivity contribution in [2.45, 2.75) is 25.2 Å². The number of hydrogen-bond donors (Lipinski definition) is 0. The first-order chi connectivity index (χ1) is 6.81. The van der Waals surface area contributed by atoms with E-state index in [2.05, 4.69) is 14.7 Å².